The first kappa shape index (κ1) is 22.5. The van der Waals surface area contributed by atoms with Crippen molar-refractivity contribution in [1.29, 1.82) is 0 Å². The maximum atomic E-state index is 13.2. The molecule has 3 fully saturated rings. The molecule has 6 rings (SSSR count). The van der Waals surface area contributed by atoms with Gasteiger partial charge in [0.1, 0.15) is 29.1 Å². The monoisotopic (exact) mass is 500 g/mol. The van der Waals surface area contributed by atoms with Crippen LogP contribution in [0.1, 0.15) is 41.6 Å². The number of carbonyl (C=O) groups excluding carboxylic acids is 1. The van der Waals surface area contributed by atoms with Gasteiger partial charge in [-0.2, -0.15) is 0 Å². The summed E-state index contributed by atoms with van der Waals surface area (Å²) >= 11 is 5.87. The number of carbonyl (C=O) groups is 1. The van der Waals surface area contributed by atoms with Crippen molar-refractivity contribution >= 4 is 34.4 Å². The highest BCUT2D eigenvalue weighted by molar-refractivity contribution is 7.92. The molecule has 0 saturated carbocycles. The second-order valence-electron chi connectivity index (χ2n) is 9.92. The second kappa shape index (κ2) is 8.94. The summed E-state index contributed by atoms with van der Waals surface area (Å²) in [6.45, 7) is 0.581. The average molecular weight is 501 g/mol. The molecule has 2 aromatic carbocycles. The number of ether oxygens (including phenoxy) is 2. The summed E-state index contributed by atoms with van der Waals surface area (Å²) in [4.78, 5) is 17.5. The molecule has 4 aliphatic rings. The number of fused-ring (bicyclic) bond motifs is 3. The van der Waals surface area contributed by atoms with E-state index >= 15 is 0 Å². The summed E-state index contributed by atoms with van der Waals surface area (Å²) < 4.78 is 23.5. The van der Waals surface area contributed by atoms with Crippen molar-refractivity contribution in [2.24, 2.45) is 0 Å². The Bertz CT molecular complexity index is 1090. The lowest BCUT2D eigenvalue weighted by Crippen LogP contribution is -2.45. The van der Waals surface area contributed by atoms with Crippen LogP contribution >= 0.6 is 11.6 Å². The number of piperidine rings is 1. The van der Waals surface area contributed by atoms with Gasteiger partial charge in [-0.25, -0.2) is 0 Å². The van der Waals surface area contributed by atoms with Gasteiger partial charge in [-0.05, 0) is 92.3 Å². The lowest BCUT2D eigenvalue weighted by atomic mass is 9.98. The van der Waals surface area contributed by atoms with E-state index in [0.29, 0.717) is 46.5 Å². The van der Waals surface area contributed by atoms with E-state index < -0.39 is 11.2 Å². The Kier molecular flexibility index (Phi) is 5.92. The molecule has 180 valence electrons. The number of rotatable bonds is 5. The van der Waals surface area contributed by atoms with E-state index in [1.54, 1.807) is 4.90 Å². The number of hydrogen-bond acceptors (Lipinski definition) is 5. The molecule has 0 N–H and O–H groups in total. The van der Waals surface area contributed by atoms with E-state index in [1.807, 2.05) is 36.4 Å². The maximum Gasteiger partial charge on any atom is 0.258 e. The zero-order valence-corrected chi connectivity index (χ0v) is 20.8. The van der Waals surface area contributed by atoms with Crippen LogP contribution in [-0.4, -0.2) is 64.7 Å². The first-order chi connectivity index (χ1) is 16.4. The SMILES string of the molecule is CN1[C@@H]2CC[C@H]1C[C@@H](Oc1ccc(N3CCc4cc(OC5C[S+]([O-])C5)ccc4C3=O)cc1Cl)C2. The van der Waals surface area contributed by atoms with E-state index in [4.69, 9.17) is 21.1 Å². The minimum Gasteiger partial charge on any atom is -0.616 e. The highest BCUT2D eigenvalue weighted by atomic mass is 35.5. The Labute approximate surface area is 208 Å². The Morgan fingerprint density at radius 1 is 1.03 bits per heavy atom. The topological polar surface area (TPSA) is 65.1 Å². The highest BCUT2D eigenvalue weighted by Crippen LogP contribution is 2.38. The molecule has 8 heteroatoms. The number of hydrogen-bond donors (Lipinski definition) is 0. The van der Waals surface area contributed by atoms with Gasteiger partial charge in [0.2, 0.25) is 0 Å². The quantitative estimate of drug-likeness (QED) is 0.579. The zero-order valence-electron chi connectivity index (χ0n) is 19.2. The molecule has 0 unspecified atom stereocenters. The number of anilines is 1. The Morgan fingerprint density at radius 3 is 2.50 bits per heavy atom. The first-order valence-corrected chi connectivity index (χ1v) is 14.0. The predicted octanol–water partition coefficient (Wildman–Crippen LogP) is 4.06. The lowest BCUT2D eigenvalue weighted by molar-refractivity contribution is 0.0662. The molecule has 1 amide bonds. The van der Waals surface area contributed by atoms with Crippen molar-refractivity contribution in [3.05, 3.63) is 52.5 Å². The van der Waals surface area contributed by atoms with Crippen molar-refractivity contribution in [3.63, 3.8) is 0 Å². The van der Waals surface area contributed by atoms with Crippen LogP contribution in [0, 0.1) is 0 Å². The fraction of sp³-hybridized carbons (Fsp3) is 0.500. The number of halogens is 1. The smallest absolute Gasteiger partial charge is 0.258 e. The minimum absolute atomic E-state index is 0.0160. The average Bonchev–Trinajstić information content (AvgIpc) is 3.00. The van der Waals surface area contributed by atoms with E-state index in [2.05, 4.69) is 11.9 Å². The molecule has 3 saturated heterocycles. The van der Waals surface area contributed by atoms with Crippen LogP contribution < -0.4 is 14.4 Å². The normalized spacial score (nSPS) is 30.6. The third-order valence-electron chi connectivity index (χ3n) is 7.78. The van der Waals surface area contributed by atoms with Gasteiger partial charge < -0.3 is 23.8 Å². The van der Waals surface area contributed by atoms with Gasteiger partial charge in [0.25, 0.3) is 5.91 Å². The van der Waals surface area contributed by atoms with Gasteiger partial charge in [-0.15, -0.1) is 0 Å². The zero-order chi connectivity index (χ0) is 23.4. The third-order valence-corrected chi connectivity index (χ3v) is 9.56. The van der Waals surface area contributed by atoms with Crippen molar-refractivity contribution in [2.45, 2.75) is 56.4 Å². The summed E-state index contributed by atoms with van der Waals surface area (Å²) in [6, 6.07) is 12.5. The molecule has 2 aromatic rings. The van der Waals surface area contributed by atoms with Gasteiger partial charge in [-0.1, -0.05) is 11.6 Å². The summed E-state index contributed by atoms with van der Waals surface area (Å²) in [5, 5.41) is 0.545. The van der Waals surface area contributed by atoms with Crippen LogP contribution in [0.4, 0.5) is 5.69 Å². The predicted molar refractivity (Wildman–Crippen MR) is 134 cm³/mol. The molecule has 34 heavy (non-hydrogen) atoms. The molecule has 4 heterocycles. The molecule has 4 aliphatic heterocycles. The van der Waals surface area contributed by atoms with Crippen LogP contribution in [0.25, 0.3) is 0 Å². The largest absolute Gasteiger partial charge is 0.616 e. The van der Waals surface area contributed by atoms with Crippen molar-refractivity contribution in [1.82, 2.24) is 4.90 Å². The van der Waals surface area contributed by atoms with Crippen LogP contribution in [0.15, 0.2) is 36.4 Å². The Balaban J connectivity index is 1.13. The second-order valence-corrected chi connectivity index (χ2v) is 11.9. The molecule has 0 radical (unpaired) electrons. The fourth-order valence-corrected chi connectivity index (χ4v) is 6.89. The van der Waals surface area contributed by atoms with Crippen molar-refractivity contribution < 1.29 is 18.8 Å². The lowest BCUT2D eigenvalue weighted by Gasteiger charge is -2.36. The summed E-state index contributed by atoms with van der Waals surface area (Å²) in [6.07, 6.45) is 5.53. The van der Waals surface area contributed by atoms with Gasteiger partial charge >= 0.3 is 0 Å². The molecule has 6 nitrogen and oxygen atoms in total. The molecule has 3 atom stereocenters. The molecular weight excluding hydrogens is 472 g/mol. The molecule has 0 aromatic heterocycles. The van der Waals surface area contributed by atoms with E-state index in [9.17, 15) is 9.35 Å². The van der Waals surface area contributed by atoms with Gasteiger partial charge in [-0.3, -0.25) is 4.79 Å². The molecule has 0 aliphatic carbocycles. The van der Waals surface area contributed by atoms with Crippen LogP contribution in [-0.2, 0) is 17.6 Å². The summed E-state index contributed by atoms with van der Waals surface area (Å²) in [7, 11) is 2.22. The number of amides is 1. The molecular formula is C26H29ClN2O4S. The van der Waals surface area contributed by atoms with Gasteiger partial charge in [0.05, 0.1) is 5.02 Å². The molecule has 0 spiro atoms. The van der Waals surface area contributed by atoms with Gasteiger partial charge in [0, 0.05) is 29.9 Å². The van der Waals surface area contributed by atoms with E-state index in [0.717, 1.165) is 36.3 Å². The number of nitrogens with zero attached hydrogens (tertiary/aromatic N) is 2. The fourth-order valence-electron chi connectivity index (χ4n) is 5.80. The third kappa shape index (κ3) is 4.17. The number of benzene rings is 2. The Morgan fingerprint density at radius 2 is 1.79 bits per heavy atom. The van der Waals surface area contributed by atoms with Crippen LogP contribution in [0.5, 0.6) is 11.5 Å². The molecule has 2 bridgehead atoms. The maximum absolute atomic E-state index is 13.2. The van der Waals surface area contributed by atoms with E-state index in [1.165, 1.54) is 12.8 Å². The van der Waals surface area contributed by atoms with Crippen LogP contribution in [0.3, 0.4) is 0 Å². The van der Waals surface area contributed by atoms with Crippen LogP contribution in [0.2, 0.25) is 5.02 Å². The van der Waals surface area contributed by atoms with Crippen molar-refractivity contribution in [2.75, 3.05) is 30.0 Å². The highest BCUT2D eigenvalue weighted by Gasteiger charge is 2.39. The minimum atomic E-state index is -0.745. The summed E-state index contributed by atoms with van der Waals surface area (Å²) in [5.41, 5.74) is 2.46. The summed E-state index contributed by atoms with van der Waals surface area (Å²) in [5.74, 6) is 2.58. The van der Waals surface area contributed by atoms with Crippen molar-refractivity contribution in [3.8, 4) is 11.5 Å². The Hall–Kier alpha value is -1.93. The first-order valence-electron chi connectivity index (χ1n) is 12.1. The van der Waals surface area contributed by atoms with Gasteiger partial charge in [0.15, 0.2) is 6.10 Å². The standard InChI is InChI=1S/C26H29ClN2O4S/c1-28-17-2-3-18(28)12-21(11-17)33-25-7-4-19(13-24(25)27)29-9-8-16-10-20(5-6-23(16)26(29)30)32-22-14-34(31)15-22/h4-7,10,13,17-18,21-22H,2-3,8-9,11-12,14-15H2,1H3/t17-,18+,21+,22?,34?. The van der Waals surface area contributed by atoms with E-state index in [-0.39, 0.29) is 18.1 Å².